The van der Waals surface area contributed by atoms with Crippen LogP contribution in [0.15, 0.2) is 16.6 Å². The van der Waals surface area contributed by atoms with Crippen LogP contribution in [0.1, 0.15) is 10.4 Å². The number of nitrogens with two attached hydrogens (primary N) is 1. The minimum absolute atomic E-state index is 0.397. The van der Waals surface area contributed by atoms with E-state index >= 15 is 0 Å². The molecule has 0 atom stereocenters. The number of halogens is 1. The third-order valence-corrected chi connectivity index (χ3v) is 2.55. The monoisotopic (exact) mass is 257 g/mol. The number of benzene rings is 1. The molecule has 0 radical (unpaired) electrons. The van der Waals surface area contributed by atoms with Gasteiger partial charge in [0.05, 0.1) is 5.56 Å². The van der Waals surface area contributed by atoms with Crippen molar-refractivity contribution in [2.75, 3.05) is 13.2 Å². The van der Waals surface area contributed by atoms with Gasteiger partial charge in [-0.05, 0) is 28.1 Å². The van der Waals surface area contributed by atoms with E-state index in [1.807, 2.05) is 0 Å². The zero-order valence-electron chi connectivity index (χ0n) is 7.25. The predicted octanol–water partition coefficient (Wildman–Crippen LogP) is 1.32. The summed E-state index contributed by atoms with van der Waals surface area (Å²) >= 11 is 3.24. The molecule has 0 bridgehead atoms. The molecule has 0 fully saturated rings. The second-order valence-corrected chi connectivity index (χ2v) is 3.69. The smallest absolute Gasteiger partial charge is 0.249 e. The lowest BCUT2D eigenvalue weighted by molar-refractivity contribution is 0.0998. The van der Waals surface area contributed by atoms with Crippen molar-refractivity contribution < 1.29 is 14.3 Å². The van der Waals surface area contributed by atoms with Crippen LogP contribution in [0.5, 0.6) is 11.5 Å². The second kappa shape index (κ2) is 3.49. The predicted molar refractivity (Wildman–Crippen MR) is 53.6 cm³/mol. The second-order valence-electron chi connectivity index (χ2n) is 2.84. The number of carbonyl (C=O) groups excluding carboxylic acids is 1. The maximum atomic E-state index is 11.0. The van der Waals surface area contributed by atoms with E-state index in [0.29, 0.717) is 34.7 Å². The number of ether oxygens (including phenoxy) is 2. The Balaban J connectivity index is 2.50. The summed E-state index contributed by atoms with van der Waals surface area (Å²) in [7, 11) is 0. The van der Waals surface area contributed by atoms with Crippen LogP contribution in [0.4, 0.5) is 0 Å². The van der Waals surface area contributed by atoms with Crippen LogP contribution >= 0.6 is 15.9 Å². The third kappa shape index (κ3) is 1.55. The fourth-order valence-electron chi connectivity index (χ4n) is 1.25. The zero-order valence-corrected chi connectivity index (χ0v) is 8.83. The number of fused-ring (bicyclic) bond motifs is 1. The molecular formula is C9H8BrNO3. The molecule has 74 valence electrons. The van der Waals surface area contributed by atoms with E-state index in [1.54, 1.807) is 12.1 Å². The fraction of sp³-hybridized carbons (Fsp3) is 0.222. The Bertz CT molecular complexity index is 392. The fourth-order valence-corrected chi connectivity index (χ4v) is 1.77. The molecule has 0 saturated carbocycles. The lowest BCUT2D eigenvalue weighted by Crippen LogP contribution is -2.17. The van der Waals surface area contributed by atoms with Gasteiger partial charge in [0.15, 0.2) is 11.5 Å². The first kappa shape index (κ1) is 9.33. The molecule has 0 spiro atoms. The minimum atomic E-state index is -0.492. The van der Waals surface area contributed by atoms with Crippen LogP contribution in [0.25, 0.3) is 0 Å². The van der Waals surface area contributed by atoms with Crippen molar-refractivity contribution in [1.29, 1.82) is 0 Å². The van der Waals surface area contributed by atoms with E-state index in [2.05, 4.69) is 15.9 Å². The molecular weight excluding hydrogens is 250 g/mol. The Morgan fingerprint density at radius 2 is 1.86 bits per heavy atom. The van der Waals surface area contributed by atoms with Crippen molar-refractivity contribution in [3.8, 4) is 11.5 Å². The first-order valence-corrected chi connectivity index (χ1v) is 4.87. The summed E-state index contributed by atoms with van der Waals surface area (Å²) in [5.41, 5.74) is 5.58. The highest BCUT2D eigenvalue weighted by Gasteiger charge is 2.16. The molecule has 4 nitrogen and oxygen atoms in total. The van der Waals surface area contributed by atoms with Gasteiger partial charge in [-0.25, -0.2) is 0 Å². The van der Waals surface area contributed by atoms with Gasteiger partial charge in [0.25, 0.3) is 0 Å². The van der Waals surface area contributed by atoms with E-state index in [-0.39, 0.29) is 0 Å². The van der Waals surface area contributed by atoms with Crippen LogP contribution in [0.2, 0.25) is 0 Å². The molecule has 1 amide bonds. The van der Waals surface area contributed by atoms with Gasteiger partial charge in [0, 0.05) is 4.47 Å². The molecule has 2 N–H and O–H groups in total. The zero-order chi connectivity index (χ0) is 10.1. The first-order valence-electron chi connectivity index (χ1n) is 4.07. The van der Waals surface area contributed by atoms with Crippen molar-refractivity contribution in [2.24, 2.45) is 5.73 Å². The lowest BCUT2D eigenvalue weighted by atomic mass is 10.2. The molecule has 0 aliphatic carbocycles. The summed E-state index contributed by atoms with van der Waals surface area (Å²) in [6.45, 7) is 1.02. The van der Waals surface area contributed by atoms with Crippen LogP contribution in [-0.4, -0.2) is 19.1 Å². The molecule has 1 aromatic carbocycles. The van der Waals surface area contributed by atoms with Gasteiger partial charge in [0.2, 0.25) is 5.91 Å². The Labute approximate surface area is 89.1 Å². The number of rotatable bonds is 1. The Kier molecular flexibility index (Phi) is 2.33. The van der Waals surface area contributed by atoms with E-state index < -0.39 is 5.91 Å². The Hall–Kier alpha value is -1.23. The van der Waals surface area contributed by atoms with Crippen LogP contribution in [0, 0.1) is 0 Å². The summed E-state index contributed by atoms with van der Waals surface area (Å²) < 4.78 is 11.3. The minimum Gasteiger partial charge on any atom is -0.486 e. The summed E-state index contributed by atoms with van der Waals surface area (Å²) in [6, 6.07) is 3.27. The van der Waals surface area contributed by atoms with Gasteiger partial charge >= 0.3 is 0 Å². The molecule has 1 aliphatic heterocycles. The SMILES string of the molecule is NC(=O)c1cc2c(cc1Br)OCCO2. The molecule has 14 heavy (non-hydrogen) atoms. The molecule has 1 heterocycles. The molecule has 1 aliphatic rings. The van der Waals surface area contributed by atoms with Crippen LogP contribution < -0.4 is 15.2 Å². The van der Waals surface area contributed by atoms with Crippen molar-refractivity contribution in [2.45, 2.75) is 0 Å². The highest BCUT2D eigenvalue weighted by molar-refractivity contribution is 9.10. The summed E-state index contributed by atoms with van der Waals surface area (Å²) in [5.74, 6) is 0.704. The average Bonchev–Trinajstić information content (AvgIpc) is 2.16. The molecule has 5 heteroatoms. The largest absolute Gasteiger partial charge is 0.486 e. The summed E-state index contributed by atoms with van der Waals surface area (Å²) in [4.78, 5) is 11.0. The van der Waals surface area contributed by atoms with Crippen molar-refractivity contribution in [1.82, 2.24) is 0 Å². The number of amides is 1. The molecule has 2 rings (SSSR count). The van der Waals surface area contributed by atoms with Crippen molar-refractivity contribution >= 4 is 21.8 Å². The maximum absolute atomic E-state index is 11.0. The third-order valence-electron chi connectivity index (χ3n) is 1.90. The average molecular weight is 258 g/mol. The van der Waals surface area contributed by atoms with Gasteiger partial charge < -0.3 is 15.2 Å². The standard InChI is InChI=1S/C9H8BrNO3/c10-6-4-8-7(13-1-2-14-8)3-5(6)9(11)12/h3-4H,1-2H2,(H2,11,12). The number of primary amides is 1. The van der Waals surface area contributed by atoms with Gasteiger partial charge in [-0.3, -0.25) is 4.79 Å². The van der Waals surface area contributed by atoms with Crippen LogP contribution in [-0.2, 0) is 0 Å². The Morgan fingerprint density at radius 3 is 2.43 bits per heavy atom. The van der Waals surface area contributed by atoms with Crippen molar-refractivity contribution in [3.05, 3.63) is 22.2 Å². The molecule has 0 saturated heterocycles. The van der Waals surface area contributed by atoms with Crippen molar-refractivity contribution in [3.63, 3.8) is 0 Å². The quantitative estimate of drug-likeness (QED) is 0.826. The highest BCUT2D eigenvalue weighted by Crippen LogP contribution is 2.35. The van der Waals surface area contributed by atoms with Gasteiger partial charge in [0.1, 0.15) is 13.2 Å². The highest BCUT2D eigenvalue weighted by atomic mass is 79.9. The Morgan fingerprint density at radius 1 is 1.29 bits per heavy atom. The topological polar surface area (TPSA) is 61.6 Å². The molecule has 0 aromatic heterocycles. The lowest BCUT2D eigenvalue weighted by Gasteiger charge is -2.19. The van der Waals surface area contributed by atoms with E-state index in [0.717, 1.165) is 0 Å². The molecule has 1 aromatic rings. The van der Waals surface area contributed by atoms with Gasteiger partial charge in [-0.2, -0.15) is 0 Å². The number of hydrogen-bond donors (Lipinski definition) is 1. The summed E-state index contributed by atoms with van der Waals surface area (Å²) in [5, 5.41) is 0. The number of carbonyl (C=O) groups is 1. The first-order chi connectivity index (χ1) is 6.68. The van der Waals surface area contributed by atoms with Gasteiger partial charge in [-0.15, -0.1) is 0 Å². The van der Waals surface area contributed by atoms with E-state index in [9.17, 15) is 4.79 Å². The van der Waals surface area contributed by atoms with E-state index in [1.165, 1.54) is 0 Å². The van der Waals surface area contributed by atoms with Crippen LogP contribution in [0.3, 0.4) is 0 Å². The van der Waals surface area contributed by atoms with E-state index in [4.69, 9.17) is 15.2 Å². The summed E-state index contributed by atoms with van der Waals surface area (Å²) in [6.07, 6.45) is 0. The normalized spacial score (nSPS) is 13.8. The van der Waals surface area contributed by atoms with Gasteiger partial charge in [-0.1, -0.05) is 0 Å². The molecule has 0 unspecified atom stereocenters. The maximum Gasteiger partial charge on any atom is 0.249 e. The number of hydrogen-bond acceptors (Lipinski definition) is 3.